The molecule has 15 heteroatoms. The molecule has 0 amide bonds. The highest BCUT2D eigenvalue weighted by Gasteiger charge is 2.47. The van der Waals surface area contributed by atoms with Crippen molar-refractivity contribution in [3.8, 4) is 0 Å². The van der Waals surface area contributed by atoms with Crippen LogP contribution in [-0.2, 0) is 38.0 Å². The van der Waals surface area contributed by atoms with Gasteiger partial charge in [0.1, 0.15) is 55.4 Å². The van der Waals surface area contributed by atoms with E-state index in [2.05, 4.69) is 50.3 Å². The standard InChI is InChI=1S/C58H104O15/c1-3-5-7-9-11-13-15-17-19-20-21-22-23-24-25-27-29-31-33-35-37-39-41-50(61)71-46(43-68-49(60)40-38-36-34-32-30-28-26-18-16-14-12-10-8-6-4-2)44-69-57-56(67)54(65)52(63)48(73-57)45-70-58-55(66)53(64)51(62)47(42-59)72-58/h6,8,12,14,18,26,46-48,51-59,62-67H,3-5,7,9-11,13,15-17,19-25,27-45H2,1-2H3/b8-6+,14-12+,26-18+/t46-,47+,48+,51-,52-,53?,54?,55?,56?,57+,58+/m1/s1. The number of aliphatic hydroxyl groups is 7. The van der Waals surface area contributed by atoms with Crippen LogP contribution in [0.15, 0.2) is 36.5 Å². The number of unbranched alkanes of at least 4 members (excludes halogenated alkanes) is 26. The zero-order valence-corrected chi connectivity index (χ0v) is 45.4. The summed E-state index contributed by atoms with van der Waals surface area (Å²) in [7, 11) is 0. The minimum Gasteiger partial charge on any atom is -0.462 e. The van der Waals surface area contributed by atoms with E-state index in [1.54, 1.807) is 0 Å². The van der Waals surface area contributed by atoms with Gasteiger partial charge >= 0.3 is 11.9 Å². The van der Waals surface area contributed by atoms with Crippen LogP contribution >= 0.6 is 0 Å². The van der Waals surface area contributed by atoms with Gasteiger partial charge in [-0.15, -0.1) is 0 Å². The van der Waals surface area contributed by atoms with Crippen LogP contribution < -0.4 is 0 Å². The van der Waals surface area contributed by atoms with Crippen molar-refractivity contribution < 1.29 is 73.8 Å². The van der Waals surface area contributed by atoms with Crippen molar-refractivity contribution >= 4 is 11.9 Å². The van der Waals surface area contributed by atoms with E-state index in [1.165, 1.54) is 116 Å². The van der Waals surface area contributed by atoms with Gasteiger partial charge in [0.05, 0.1) is 19.8 Å². The van der Waals surface area contributed by atoms with Crippen LogP contribution in [0.2, 0.25) is 0 Å². The molecule has 2 heterocycles. The lowest BCUT2D eigenvalue weighted by molar-refractivity contribution is -0.332. The fourth-order valence-electron chi connectivity index (χ4n) is 9.17. The van der Waals surface area contributed by atoms with Crippen molar-refractivity contribution in [2.24, 2.45) is 0 Å². The van der Waals surface area contributed by atoms with Crippen molar-refractivity contribution in [1.82, 2.24) is 0 Å². The van der Waals surface area contributed by atoms with Crippen molar-refractivity contribution in [2.75, 3.05) is 26.4 Å². The molecule has 0 aromatic rings. The molecule has 2 saturated heterocycles. The fraction of sp³-hybridized carbons (Fsp3) is 0.862. The Kier molecular flexibility index (Phi) is 41.0. The quantitative estimate of drug-likeness (QED) is 0.0171. The van der Waals surface area contributed by atoms with Gasteiger partial charge in [-0.2, -0.15) is 0 Å². The molecule has 11 atom stereocenters. The van der Waals surface area contributed by atoms with E-state index in [1.807, 2.05) is 0 Å². The van der Waals surface area contributed by atoms with E-state index in [9.17, 15) is 45.3 Å². The number of carbonyl (C=O) groups is 2. The molecule has 2 aliphatic heterocycles. The van der Waals surface area contributed by atoms with E-state index in [0.717, 1.165) is 70.6 Å². The molecule has 15 nitrogen and oxygen atoms in total. The van der Waals surface area contributed by atoms with Gasteiger partial charge in [-0.1, -0.05) is 204 Å². The highest BCUT2D eigenvalue weighted by atomic mass is 16.7. The normalized spacial score (nSPS) is 25.1. The Hall–Kier alpha value is -2.28. The maximum Gasteiger partial charge on any atom is 0.306 e. The molecule has 0 aliphatic carbocycles. The Balaban J connectivity index is 1.74. The molecule has 2 rings (SSSR count). The van der Waals surface area contributed by atoms with Crippen molar-refractivity contribution in [2.45, 2.75) is 293 Å². The second-order valence-electron chi connectivity index (χ2n) is 20.4. The van der Waals surface area contributed by atoms with Crippen molar-refractivity contribution in [3.63, 3.8) is 0 Å². The van der Waals surface area contributed by atoms with Gasteiger partial charge < -0.3 is 64.2 Å². The summed E-state index contributed by atoms with van der Waals surface area (Å²) in [6, 6.07) is 0. The van der Waals surface area contributed by atoms with Crippen LogP contribution in [0, 0.1) is 0 Å². The summed E-state index contributed by atoms with van der Waals surface area (Å²) in [6.07, 6.45) is 33.1. The fourth-order valence-corrected chi connectivity index (χ4v) is 9.17. The Morgan fingerprint density at radius 3 is 1.36 bits per heavy atom. The number of rotatable bonds is 46. The molecule has 0 spiro atoms. The topological polar surface area (TPSA) is 231 Å². The molecular weight excluding hydrogens is 937 g/mol. The van der Waals surface area contributed by atoms with E-state index in [-0.39, 0.29) is 26.1 Å². The predicted octanol–water partition coefficient (Wildman–Crippen LogP) is 9.66. The molecule has 0 radical (unpaired) electrons. The first-order chi connectivity index (χ1) is 35.5. The summed E-state index contributed by atoms with van der Waals surface area (Å²) in [5, 5.41) is 72.3. The number of allylic oxidation sites excluding steroid dienone is 6. The molecular formula is C58H104O15. The van der Waals surface area contributed by atoms with Crippen LogP contribution in [0.25, 0.3) is 0 Å². The maximum atomic E-state index is 13.1. The number of carbonyl (C=O) groups excluding carboxylic acids is 2. The summed E-state index contributed by atoms with van der Waals surface area (Å²) < 4.78 is 33.7. The summed E-state index contributed by atoms with van der Waals surface area (Å²) in [4.78, 5) is 25.9. The second-order valence-corrected chi connectivity index (χ2v) is 20.4. The first-order valence-corrected chi connectivity index (χ1v) is 29.1. The van der Waals surface area contributed by atoms with Gasteiger partial charge in [0.2, 0.25) is 0 Å². The zero-order valence-electron chi connectivity index (χ0n) is 45.4. The molecule has 73 heavy (non-hydrogen) atoms. The maximum absolute atomic E-state index is 13.1. The number of ether oxygens (including phenoxy) is 6. The lowest BCUT2D eigenvalue weighted by Crippen LogP contribution is -2.61. The lowest BCUT2D eigenvalue weighted by atomic mass is 9.98. The van der Waals surface area contributed by atoms with E-state index < -0.39 is 92.7 Å². The van der Waals surface area contributed by atoms with Gasteiger partial charge in [0, 0.05) is 12.8 Å². The van der Waals surface area contributed by atoms with Crippen LogP contribution in [0.4, 0.5) is 0 Å². The van der Waals surface area contributed by atoms with E-state index in [0.29, 0.717) is 12.8 Å². The monoisotopic (exact) mass is 1040 g/mol. The minimum absolute atomic E-state index is 0.165. The first-order valence-electron chi connectivity index (χ1n) is 29.1. The Bertz CT molecular complexity index is 1410. The third-order valence-electron chi connectivity index (χ3n) is 13.9. The summed E-state index contributed by atoms with van der Waals surface area (Å²) in [6.45, 7) is 2.50. The highest BCUT2D eigenvalue weighted by Crippen LogP contribution is 2.27. The van der Waals surface area contributed by atoms with E-state index in [4.69, 9.17) is 28.4 Å². The molecule has 4 unspecified atom stereocenters. The molecule has 7 N–H and O–H groups in total. The molecule has 0 bridgehead atoms. The number of aliphatic hydroxyl groups excluding tert-OH is 7. The summed E-state index contributed by atoms with van der Waals surface area (Å²) in [5.74, 6) is -0.935. The lowest BCUT2D eigenvalue weighted by Gasteiger charge is -2.42. The molecule has 0 saturated carbocycles. The van der Waals surface area contributed by atoms with Crippen molar-refractivity contribution in [1.29, 1.82) is 0 Å². The van der Waals surface area contributed by atoms with E-state index >= 15 is 0 Å². The third-order valence-corrected chi connectivity index (χ3v) is 13.9. The summed E-state index contributed by atoms with van der Waals surface area (Å²) >= 11 is 0. The average molecular weight is 1040 g/mol. The van der Waals surface area contributed by atoms with Gasteiger partial charge in [0.25, 0.3) is 0 Å². The first kappa shape index (κ1) is 66.8. The van der Waals surface area contributed by atoms with Gasteiger partial charge in [-0.25, -0.2) is 0 Å². The average Bonchev–Trinajstić information content (AvgIpc) is 3.38. The Morgan fingerprint density at radius 1 is 0.452 bits per heavy atom. The second kappa shape index (κ2) is 44.8. The number of esters is 2. The number of hydrogen-bond donors (Lipinski definition) is 7. The third kappa shape index (κ3) is 32.2. The van der Waals surface area contributed by atoms with Crippen LogP contribution in [0.1, 0.15) is 226 Å². The van der Waals surface area contributed by atoms with Crippen LogP contribution in [-0.4, -0.2) is 142 Å². The van der Waals surface area contributed by atoms with Gasteiger partial charge in [-0.3, -0.25) is 9.59 Å². The SMILES string of the molecule is CC/C=C/C/C=C/C/C=C/CCCCCCCC(=O)OC[C@H](CO[C@H]1O[C@@H](CO[C@H]2O[C@@H](CO)[C@@H](O)C(O)C2O)[C@@H](O)C(O)C1O)OC(=O)CCCCCCCCCCCCCCCCCCCCCCCC. The number of hydrogen-bond acceptors (Lipinski definition) is 15. The zero-order chi connectivity index (χ0) is 53.2. The highest BCUT2D eigenvalue weighted by molar-refractivity contribution is 5.70. The Labute approximate surface area is 440 Å². The molecule has 0 aromatic heterocycles. The molecule has 426 valence electrons. The predicted molar refractivity (Wildman–Crippen MR) is 284 cm³/mol. The smallest absolute Gasteiger partial charge is 0.306 e. The molecule has 0 aromatic carbocycles. The van der Waals surface area contributed by atoms with Crippen molar-refractivity contribution in [3.05, 3.63) is 36.5 Å². The molecule has 2 fully saturated rings. The van der Waals surface area contributed by atoms with Crippen LogP contribution in [0.5, 0.6) is 0 Å². The largest absolute Gasteiger partial charge is 0.462 e. The van der Waals surface area contributed by atoms with Gasteiger partial charge in [-0.05, 0) is 44.9 Å². The summed E-state index contributed by atoms with van der Waals surface area (Å²) in [5.41, 5.74) is 0. The van der Waals surface area contributed by atoms with Gasteiger partial charge in [0.15, 0.2) is 18.7 Å². The minimum atomic E-state index is -1.77. The van der Waals surface area contributed by atoms with Crippen LogP contribution in [0.3, 0.4) is 0 Å². The molecule has 2 aliphatic rings. The Morgan fingerprint density at radius 2 is 0.863 bits per heavy atom.